The van der Waals surface area contributed by atoms with Gasteiger partial charge < -0.3 is 18.7 Å². The van der Waals surface area contributed by atoms with E-state index in [2.05, 4.69) is 10.1 Å². The molecule has 0 saturated carbocycles. The van der Waals surface area contributed by atoms with Gasteiger partial charge in [0.15, 0.2) is 11.5 Å². The summed E-state index contributed by atoms with van der Waals surface area (Å²) in [6.07, 6.45) is 0. The Morgan fingerprint density at radius 2 is 2.11 bits per heavy atom. The molecule has 3 rings (SSSR count). The summed E-state index contributed by atoms with van der Waals surface area (Å²) in [6, 6.07) is 5.54. The Hall–Kier alpha value is -2.08. The number of methoxy groups -OCH3 is 1. The third kappa shape index (κ3) is 1.94. The summed E-state index contributed by atoms with van der Waals surface area (Å²) in [4.78, 5) is 4.36. The molecular formula is C13H14N2O4. The van der Waals surface area contributed by atoms with E-state index < -0.39 is 5.60 Å². The van der Waals surface area contributed by atoms with Crippen LogP contribution in [0.2, 0.25) is 0 Å². The summed E-state index contributed by atoms with van der Waals surface area (Å²) in [5, 5.41) is 3.95. The molecule has 0 saturated heterocycles. The average molecular weight is 262 g/mol. The molecule has 19 heavy (non-hydrogen) atoms. The van der Waals surface area contributed by atoms with Crippen LogP contribution in [0, 0.1) is 0 Å². The van der Waals surface area contributed by atoms with Crippen molar-refractivity contribution in [2.24, 2.45) is 0 Å². The summed E-state index contributed by atoms with van der Waals surface area (Å²) in [6.45, 7) is 3.95. The molecule has 1 aromatic heterocycles. The molecule has 0 amide bonds. The van der Waals surface area contributed by atoms with Crippen molar-refractivity contribution in [3.63, 3.8) is 0 Å². The number of para-hydroxylation sites is 1. The van der Waals surface area contributed by atoms with Crippen LogP contribution in [0.15, 0.2) is 22.7 Å². The van der Waals surface area contributed by atoms with Crippen LogP contribution in [0.1, 0.15) is 19.7 Å². The first-order valence-corrected chi connectivity index (χ1v) is 5.90. The van der Waals surface area contributed by atoms with Gasteiger partial charge in [-0.2, -0.15) is 4.98 Å². The van der Waals surface area contributed by atoms with E-state index in [9.17, 15) is 0 Å². The quantitative estimate of drug-likeness (QED) is 0.845. The highest BCUT2D eigenvalue weighted by Gasteiger charge is 2.28. The lowest BCUT2D eigenvalue weighted by atomic mass is 10.1. The minimum atomic E-state index is -0.600. The molecule has 0 spiro atoms. The van der Waals surface area contributed by atoms with E-state index in [1.165, 1.54) is 0 Å². The maximum Gasteiger partial charge on any atom is 0.261 e. The smallest absolute Gasteiger partial charge is 0.261 e. The minimum absolute atomic E-state index is 0.205. The zero-order valence-corrected chi connectivity index (χ0v) is 11.0. The normalized spacial score (nSPS) is 13.8. The van der Waals surface area contributed by atoms with E-state index in [0.717, 1.165) is 5.56 Å². The molecule has 6 heteroatoms. The highest BCUT2D eigenvalue weighted by Crippen LogP contribution is 2.40. The second-order valence-electron chi connectivity index (χ2n) is 4.68. The molecule has 0 bridgehead atoms. The summed E-state index contributed by atoms with van der Waals surface area (Å²) in [5.41, 5.74) is 0.123. The van der Waals surface area contributed by atoms with E-state index in [1.54, 1.807) is 7.11 Å². The molecule has 1 aromatic carbocycles. The highest BCUT2D eigenvalue weighted by molar-refractivity contribution is 5.68. The zero-order chi connectivity index (χ0) is 13.5. The fourth-order valence-electron chi connectivity index (χ4n) is 1.77. The third-order valence-electron chi connectivity index (χ3n) is 3.10. The van der Waals surface area contributed by atoms with Crippen molar-refractivity contribution in [1.82, 2.24) is 10.1 Å². The van der Waals surface area contributed by atoms with Crippen LogP contribution >= 0.6 is 0 Å². The number of rotatable bonds is 3. The Labute approximate surface area is 110 Å². The summed E-state index contributed by atoms with van der Waals surface area (Å²) >= 11 is 0. The van der Waals surface area contributed by atoms with Gasteiger partial charge in [0, 0.05) is 7.11 Å². The summed E-state index contributed by atoms with van der Waals surface area (Å²) in [5.74, 6) is 2.19. The topological polar surface area (TPSA) is 66.6 Å². The van der Waals surface area contributed by atoms with Gasteiger partial charge in [-0.15, -0.1) is 0 Å². The van der Waals surface area contributed by atoms with Crippen molar-refractivity contribution in [1.29, 1.82) is 0 Å². The fraction of sp³-hybridized carbons (Fsp3) is 0.385. The first-order valence-electron chi connectivity index (χ1n) is 5.90. The summed E-state index contributed by atoms with van der Waals surface area (Å²) in [7, 11) is 1.60. The maximum absolute atomic E-state index is 5.42. The van der Waals surface area contributed by atoms with Crippen LogP contribution in [0.5, 0.6) is 11.5 Å². The number of aromatic nitrogens is 2. The van der Waals surface area contributed by atoms with Crippen molar-refractivity contribution in [3.8, 4) is 23.0 Å². The number of hydrogen-bond donors (Lipinski definition) is 0. The zero-order valence-electron chi connectivity index (χ0n) is 11.0. The molecule has 0 atom stereocenters. The molecule has 0 aliphatic carbocycles. The molecule has 2 heterocycles. The van der Waals surface area contributed by atoms with Crippen molar-refractivity contribution in [2.45, 2.75) is 19.4 Å². The van der Waals surface area contributed by atoms with Crippen LogP contribution in [-0.2, 0) is 10.3 Å². The molecule has 0 unspecified atom stereocenters. The molecule has 0 N–H and O–H groups in total. The van der Waals surface area contributed by atoms with Gasteiger partial charge in [-0.1, -0.05) is 11.2 Å². The van der Waals surface area contributed by atoms with Gasteiger partial charge in [0.25, 0.3) is 5.89 Å². The van der Waals surface area contributed by atoms with Gasteiger partial charge in [0.05, 0.1) is 5.56 Å². The lowest BCUT2D eigenvalue weighted by Gasteiger charge is -2.17. The van der Waals surface area contributed by atoms with E-state index >= 15 is 0 Å². The molecule has 2 aromatic rings. The number of hydrogen-bond acceptors (Lipinski definition) is 6. The summed E-state index contributed by atoms with van der Waals surface area (Å²) < 4.78 is 21.4. The molecule has 6 nitrogen and oxygen atoms in total. The number of fused-ring (bicyclic) bond motifs is 1. The van der Waals surface area contributed by atoms with E-state index in [1.807, 2.05) is 32.0 Å². The van der Waals surface area contributed by atoms with Gasteiger partial charge in [0.1, 0.15) is 5.60 Å². The van der Waals surface area contributed by atoms with Crippen LogP contribution in [0.4, 0.5) is 0 Å². The lowest BCUT2D eigenvalue weighted by molar-refractivity contribution is 0.00973. The van der Waals surface area contributed by atoms with Crippen molar-refractivity contribution in [3.05, 3.63) is 24.0 Å². The second-order valence-corrected chi connectivity index (χ2v) is 4.68. The standard InChI is InChI=1S/C13H14N2O4/c1-13(2,16-3)12-14-11(19-15-12)8-5-4-6-9-10(8)18-7-17-9/h4-6H,7H2,1-3H3. The van der Waals surface area contributed by atoms with Crippen molar-refractivity contribution >= 4 is 0 Å². The Balaban J connectivity index is 2.03. The van der Waals surface area contributed by atoms with Gasteiger partial charge in [-0.25, -0.2) is 0 Å². The minimum Gasteiger partial charge on any atom is -0.454 e. The molecule has 1 aliphatic rings. The Bertz CT molecular complexity index is 606. The van der Waals surface area contributed by atoms with Crippen molar-refractivity contribution < 1.29 is 18.7 Å². The maximum atomic E-state index is 5.42. The first-order chi connectivity index (χ1) is 9.12. The van der Waals surface area contributed by atoms with E-state index in [4.69, 9.17) is 18.7 Å². The van der Waals surface area contributed by atoms with Gasteiger partial charge in [0.2, 0.25) is 12.6 Å². The monoisotopic (exact) mass is 262 g/mol. The second kappa shape index (κ2) is 4.24. The van der Waals surface area contributed by atoms with E-state index in [0.29, 0.717) is 23.2 Å². The molecule has 100 valence electrons. The predicted molar refractivity (Wildman–Crippen MR) is 65.9 cm³/mol. The van der Waals surface area contributed by atoms with Gasteiger partial charge >= 0.3 is 0 Å². The Kier molecular flexibility index (Phi) is 2.67. The number of ether oxygens (including phenoxy) is 3. The molecule has 1 aliphatic heterocycles. The van der Waals surface area contributed by atoms with Gasteiger partial charge in [-0.3, -0.25) is 0 Å². The van der Waals surface area contributed by atoms with Crippen LogP contribution in [0.25, 0.3) is 11.5 Å². The Morgan fingerprint density at radius 3 is 2.89 bits per heavy atom. The first kappa shape index (κ1) is 12.0. The molecule has 0 radical (unpaired) electrons. The van der Waals surface area contributed by atoms with Gasteiger partial charge in [-0.05, 0) is 26.0 Å². The fourth-order valence-corrected chi connectivity index (χ4v) is 1.77. The third-order valence-corrected chi connectivity index (χ3v) is 3.10. The molecule has 0 fully saturated rings. The Morgan fingerprint density at radius 1 is 1.26 bits per heavy atom. The number of nitrogens with zero attached hydrogens (tertiary/aromatic N) is 2. The SMILES string of the molecule is COC(C)(C)c1noc(-c2cccc3c2OCO3)n1. The van der Waals surface area contributed by atoms with Crippen molar-refractivity contribution in [2.75, 3.05) is 13.9 Å². The number of benzene rings is 1. The van der Waals surface area contributed by atoms with E-state index in [-0.39, 0.29) is 6.79 Å². The predicted octanol–water partition coefficient (Wildman–Crippen LogP) is 2.35. The average Bonchev–Trinajstić information content (AvgIpc) is 3.07. The van der Waals surface area contributed by atoms with Crippen LogP contribution < -0.4 is 9.47 Å². The van der Waals surface area contributed by atoms with Crippen LogP contribution in [-0.4, -0.2) is 24.0 Å². The largest absolute Gasteiger partial charge is 0.454 e. The lowest BCUT2D eigenvalue weighted by Crippen LogP contribution is -2.21. The highest BCUT2D eigenvalue weighted by atomic mass is 16.7. The molecular weight excluding hydrogens is 248 g/mol. The van der Waals surface area contributed by atoms with Crippen LogP contribution in [0.3, 0.4) is 0 Å².